The van der Waals surface area contributed by atoms with Crippen LogP contribution in [0.3, 0.4) is 0 Å². The van der Waals surface area contributed by atoms with Gasteiger partial charge in [0, 0.05) is 31.9 Å². The number of benzene rings is 2. The number of hydrogen-bond acceptors (Lipinski definition) is 11. The van der Waals surface area contributed by atoms with E-state index in [4.69, 9.17) is 9.47 Å². The van der Waals surface area contributed by atoms with Crippen LogP contribution in [0.25, 0.3) is 0 Å². The molecule has 62 heavy (non-hydrogen) atoms. The third kappa shape index (κ3) is 16.9. The summed E-state index contributed by atoms with van der Waals surface area (Å²) in [7, 11) is 1.23. The molecule has 4 amide bonds. The fraction of sp³-hybridized carbons (Fsp3) is 0.533. The highest BCUT2D eigenvalue weighted by Gasteiger charge is 2.38. The lowest BCUT2D eigenvalue weighted by molar-refractivity contribution is -0.145. The summed E-state index contributed by atoms with van der Waals surface area (Å²) in [6, 6.07) is 12.2. The number of carboxylic acid groups (broad SMARTS) is 1. The first kappa shape index (κ1) is 50.5. The van der Waals surface area contributed by atoms with Gasteiger partial charge in [-0.3, -0.25) is 14.4 Å². The van der Waals surface area contributed by atoms with E-state index in [0.29, 0.717) is 17.7 Å². The average Bonchev–Trinajstić information content (AvgIpc) is 3.74. The zero-order chi connectivity index (χ0) is 46.0. The normalized spacial score (nSPS) is 14.9. The molecule has 0 spiro atoms. The van der Waals surface area contributed by atoms with Gasteiger partial charge >= 0.3 is 18.0 Å². The van der Waals surface area contributed by atoms with Crippen LogP contribution in [0.5, 0.6) is 0 Å². The molecule has 1 aromatic heterocycles. The van der Waals surface area contributed by atoms with Gasteiger partial charge < -0.3 is 40.6 Å². The van der Waals surface area contributed by atoms with E-state index >= 15 is 0 Å². The largest absolute Gasteiger partial charge is 0.480 e. The van der Waals surface area contributed by atoms with E-state index in [1.807, 2.05) is 51.1 Å². The molecule has 2 aromatic carbocycles. The lowest BCUT2D eigenvalue weighted by Crippen LogP contribution is -2.63. The molecule has 340 valence electrons. The molecule has 0 aliphatic heterocycles. The number of carboxylic acids is 1. The van der Waals surface area contributed by atoms with Crippen molar-refractivity contribution in [1.29, 1.82) is 0 Å². The molecule has 3 unspecified atom stereocenters. The molecule has 0 saturated heterocycles. The number of aromatic nitrogens is 2. The predicted molar refractivity (Wildman–Crippen MR) is 231 cm³/mol. The first-order valence-electron chi connectivity index (χ1n) is 21.0. The number of H-pyrrole nitrogens is 1. The number of nitrogens with one attached hydrogen (secondary N) is 5. The molecular weight excluding hydrogens is 799 g/mol. The topological polar surface area (TPSA) is 241 Å². The van der Waals surface area contributed by atoms with Crippen molar-refractivity contribution in [2.75, 3.05) is 7.11 Å². The van der Waals surface area contributed by atoms with E-state index in [1.165, 1.54) is 19.6 Å². The van der Waals surface area contributed by atoms with Crippen molar-refractivity contribution >= 4 is 35.8 Å². The fourth-order valence-corrected chi connectivity index (χ4v) is 6.66. The Labute approximate surface area is 364 Å². The number of aliphatic hydroxyl groups is 1. The lowest BCUT2D eigenvalue weighted by atomic mass is 9.95. The molecule has 3 aromatic rings. The number of hydrogen-bond donors (Lipinski definition) is 7. The Morgan fingerprint density at radius 3 is 1.95 bits per heavy atom. The highest BCUT2D eigenvalue weighted by atomic mass is 16.6. The minimum Gasteiger partial charge on any atom is -0.480 e. The summed E-state index contributed by atoms with van der Waals surface area (Å²) in [6.45, 7) is 12.4. The molecule has 0 aliphatic rings. The molecule has 3 rings (SSSR count). The van der Waals surface area contributed by atoms with Gasteiger partial charge in [-0.05, 0) is 56.6 Å². The number of hydrazine groups is 1. The average molecular weight is 864 g/mol. The number of nitrogens with zero attached hydrogens (tertiary/aromatic N) is 2. The van der Waals surface area contributed by atoms with Gasteiger partial charge in [0.05, 0.1) is 31.3 Å². The Kier molecular flexibility index (Phi) is 20.0. The van der Waals surface area contributed by atoms with Crippen LogP contribution in [0.2, 0.25) is 0 Å². The van der Waals surface area contributed by atoms with Gasteiger partial charge in [0.15, 0.2) is 0 Å². The maximum Gasteiger partial charge on any atom is 0.425 e. The second-order valence-corrected chi connectivity index (χ2v) is 16.9. The van der Waals surface area contributed by atoms with Crippen molar-refractivity contribution in [3.8, 4) is 0 Å². The summed E-state index contributed by atoms with van der Waals surface area (Å²) in [4.78, 5) is 87.6. The summed E-state index contributed by atoms with van der Waals surface area (Å²) in [6.07, 6.45) is 1.10. The van der Waals surface area contributed by atoms with Gasteiger partial charge in [-0.15, -0.1) is 0 Å². The molecule has 1 heterocycles. The van der Waals surface area contributed by atoms with Crippen LogP contribution in [-0.2, 0) is 52.7 Å². The van der Waals surface area contributed by atoms with Crippen LogP contribution in [-0.4, -0.2) is 110 Å². The lowest BCUT2D eigenvalue weighted by Gasteiger charge is -2.38. The van der Waals surface area contributed by atoms with E-state index in [-0.39, 0.29) is 50.4 Å². The van der Waals surface area contributed by atoms with Gasteiger partial charge in [-0.25, -0.2) is 29.8 Å². The van der Waals surface area contributed by atoms with E-state index in [2.05, 4.69) is 31.3 Å². The first-order chi connectivity index (χ1) is 29.3. The number of carbonyl (C=O) groups excluding carboxylic acids is 5. The molecular formula is C45H65N7O10. The molecule has 0 bridgehead atoms. The molecule has 0 aliphatic carbocycles. The number of aliphatic hydroxyl groups excluding tert-OH is 1. The van der Waals surface area contributed by atoms with E-state index in [0.717, 1.165) is 10.6 Å². The molecule has 7 atom stereocenters. The summed E-state index contributed by atoms with van der Waals surface area (Å²) < 4.78 is 10.7. The summed E-state index contributed by atoms with van der Waals surface area (Å²) in [5.41, 5.74) is 3.90. The van der Waals surface area contributed by atoms with Crippen LogP contribution in [0, 0.1) is 11.8 Å². The number of methoxy groups -OCH3 is 1. The Bertz CT molecular complexity index is 1870. The quantitative estimate of drug-likeness (QED) is 0.0502. The number of aromatic amines is 1. The number of carbonyl (C=O) groups is 6. The van der Waals surface area contributed by atoms with Crippen molar-refractivity contribution in [2.24, 2.45) is 11.8 Å². The number of rotatable bonds is 24. The van der Waals surface area contributed by atoms with Gasteiger partial charge in [0.1, 0.15) is 29.8 Å². The minimum atomic E-state index is -1.41. The highest BCUT2D eigenvalue weighted by Crippen LogP contribution is 2.20. The summed E-state index contributed by atoms with van der Waals surface area (Å²) in [5, 5.41) is 30.9. The van der Waals surface area contributed by atoms with Gasteiger partial charge in [-0.1, -0.05) is 94.8 Å². The molecule has 17 nitrogen and oxygen atoms in total. The van der Waals surface area contributed by atoms with Crippen molar-refractivity contribution < 1.29 is 48.5 Å². The van der Waals surface area contributed by atoms with Crippen molar-refractivity contribution in [2.45, 2.75) is 135 Å². The second-order valence-electron chi connectivity index (χ2n) is 16.9. The molecule has 0 radical (unpaired) electrons. The number of aliphatic carboxylic acids is 1. The van der Waals surface area contributed by atoms with Crippen molar-refractivity contribution in [3.63, 3.8) is 0 Å². The minimum absolute atomic E-state index is 0.0553. The zero-order valence-corrected chi connectivity index (χ0v) is 37.1. The van der Waals surface area contributed by atoms with Crippen LogP contribution >= 0.6 is 0 Å². The number of imidazole rings is 1. The van der Waals surface area contributed by atoms with Crippen molar-refractivity contribution in [1.82, 2.24) is 36.4 Å². The number of ether oxygens (including phenoxy) is 2. The zero-order valence-electron chi connectivity index (χ0n) is 37.1. The van der Waals surface area contributed by atoms with Crippen molar-refractivity contribution in [3.05, 3.63) is 90.0 Å². The van der Waals surface area contributed by atoms with Crippen LogP contribution in [0.15, 0.2) is 73.2 Å². The molecule has 7 N–H and O–H groups in total. The third-order valence-electron chi connectivity index (χ3n) is 10.1. The van der Waals surface area contributed by atoms with Crippen LogP contribution in [0.1, 0.15) is 91.0 Å². The Morgan fingerprint density at radius 1 is 0.839 bits per heavy atom. The highest BCUT2D eigenvalue weighted by molar-refractivity contribution is 5.91. The Hall–Kier alpha value is -5.81. The smallest absolute Gasteiger partial charge is 0.425 e. The van der Waals surface area contributed by atoms with Crippen LogP contribution < -0.4 is 21.4 Å². The SMILES string of the molecule is CC[C@H](C)[C@H](NC(=O)CCC(O)C(CC(C)C)NN(C(=O)OC(C)(C)C)[C@@H](Cc1ccccc1)C(=O)N[C@@H](Cc1c[nH]cn1)C(=O)O)C(=O)NC(Cc1ccccc1)C(=O)OC. The Morgan fingerprint density at radius 2 is 1.44 bits per heavy atom. The molecule has 0 fully saturated rings. The standard InChI is InChI=1S/C45H65N7O10/c1-9-29(4)39(41(56)49-35(43(59)61-8)23-30-16-12-10-13-17-30)50-38(54)21-20-37(53)33(22-28(2)3)51-52(44(60)62-45(5,6)7)36(24-31-18-14-11-15-19-31)40(55)48-34(42(57)58)25-32-26-46-27-47-32/h10-19,26-29,33-37,39,51,53H,9,20-25H2,1-8H3,(H,46,47)(H,48,55)(H,49,56)(H,50,54)(H,57,58)/t29-,33?,34-,35?,36-,37?,39-/m0/s1. The van der Waals surface area contributed by atoms with E-state index in [9.17, 15) is 39.0 Å². The number of amides is 4. The van der Waals surface area contributed by atoms with Gasteiger partial charge in [-0.2, -0.15) is 0 Å². The summed E-state index contributed by atoms with van der Waals surface area (Å²) in [5.74, 6) is -4.24. The van der Waals surface area contributed by atoms with Gasteiger partial charge in [0.25, 0.3) is 0 Å². The van der Waals surface area contributed by atoms with Crippen LogP contribution in [0.4, 0.5) is 4.79 Å². The molecule has 17 heteroatoms. The predicted octanol–water partition coefficient (Wildman–Crippen LogP) is 3.86. The monoisotopic (exact) mass is 863 g/mol. The summed E-state index contributed by atoms with van der Waals surface area (Å²) >= 11 is 0. The molecule has 0 saturated carbocycles. The second kappa shape index (κ2) is 24.6. The van der Waals surface area contributed by atoms with E-state index < -0.39 is 77.7 Å². The third-order valence-corrected chi connectivity index (χ3v) is 10.1. The maximum atomic E-state index is 14.3. The Balaban J connectivity index is 1.88. The number of esters is 1. The van der Waals surface area contributed by atoms with E-state index in [1.54, 1.807) is 58.0 Å². The van der Waals surface area contributed by atoms with Gasteiger partial charge in [0.2, 0.25) is 17.7 Å². The first-order valence-corrected chi connectivity index (χ1v) is 21.0. The fourth-order valence-electron chi connectivity index (χ4n) is 6.66. The maximum absolute atomic E-state index is 14.3.